The number of carbonyl (C=O) groups is 3. The fraction of sp³-hybridized carbons (Fsp3) is 0.211. The van der Waals surface area contributed by atoms with Crippen molar-refractivity contribution in [3.05, 3.63) is 59.7 Å². The van der Waals surface area contributed by atoms with Crippen molar-refractivity contribution in [2.24, 2.45) is 0 Å². The van der Waals surface area contributed by atoms with Gasteiger partial charge >= 0.3 is 6.03 Å². The van der Waals surface area contributed by atoms with Crippen LogP contribution in [0.2, 0.25) is 0 Å². The fourth-order valence-corrected chi connectivity index (χ4v) is 2.17. The molecule has 0 aliphatic carbocycles. The molecule has 2 aromatic rings. The minimum Gasteiger partial charge on any atom is -0.350 e. The van der Waals surface area contributed by atoms with Crippen LogP contribution < -0.4 is 21.3 Å². The van der Waals surface area contributed by atoms with Crippen LogP contribution in [0, 0.1) is 11.6 Å². The standard InChI is InChI=1S/C19H20F2N4O3/c1-2-17(26)24-14-6-3-12(4-7-14)18(27)22-9-10-23-19(28)25-16-8-5-13(20)11-15(16)21/h3-8,11H,2,9-10H2,1H3,(H,22,27)(H,24,26)(H2,23,25,28). The van der Waals surface area contributed by atoms with Crippen molar-refractivity contribution >= 4 is 29.2 Å². The van der Waals surface area contributed by atoms with Gasteiger partial charge in [0.05, 0.1) is 5.69 Å². The normalized spacial score (nSPS) is 10.1. The van der Waals surface area contributed by atoms with Gasteiger partial charge in [-0.15, -0.1) is 0 Å². The highest BCUT2D eigenvalue weighted by Crippen LogP contribution is 2.14. The van der Waals surface area contributed by atoms with Gasteiger partial charge in [0.2, 0.25) is 5.91 Å². The number of benzene rings is 2. The van der Waals surface area contributed by atoms with Crippen molar-refractivity contribution < 1.29 is 23.2 Å². The molecular formula is C19H20F2N4O3. The van der Waals surface area contributed by atoms with E-state index in [1.54, 1.807) is 31.2 Å². The van der Waals surface area contributed by atoms with E-state index in [0.717, 1.165) is 12.1 Å². The highest BCUT2D eigenvalue weighted by Gasteiger charge is 2.08. The molecule has 9 heteroatoms. The summed E-state index contributed by atoms with van der Waals surface area (Å²) in [7, 11) is 0. The van der Waals surface area contributed by atoms with Gasteiger partial charge in [-0.25, -0.2) is 13.6 Å². The second-order valence-electron chi connectivity index (χ2n) is 5.74. The third kappa shape index (κ3) is 6.35. The van der Waals surface area contributed by atoms with E-state index in [1.165, 1.54) is 0 Å². The highest BCUT2D eigenvalue weighted by molar-refractivity contribution is 5.95. The highest BCUT2D eigenvalue weighted by atomic mass is 19.1. The summed E-state index contributed by atoms with van der Waals surface area (Å²) in [5, 5.41) is 9.98. The molecule has 7 nitrogen and oxygen atoms in total. The van der Waals surface area contributed by atoms with Crippen molar-refractivity contribution in [3.8, 4) is 0 Å². The Balaban J connectivity index is 1.73. The molecule has 28 heavy (non-hydrogen) atoms. The van der Waals surface area contributed by atoms with Gasteiger partial charge in [-0.2, -0.15) is 0 Å². The molecule has 0 radical (unpaired) electrons. The van der Waals surface area contributed by atoms with Gasteiger partial charge in [0.25, 0.3) is 5.91 Å². The molecule has 0 saturated carbocycles. The van der Waals surface area contributed by atoms with E-state index in [0.29, 0.717) is 23.7 Å². The number of hydrogen-bond donors (Lipinski definition) is 4. The topological polar surface area (TPSA) is 99.3 Å². The van der Waals surface area contributed by atoms with Crippen molar-refractivity contribution in [1.29, 1.82) is 0 Å². The number of amides is 4. The summed E-state index contributed by atoms with van der Waals surface area (Å²) < 4.78 is 26.3. The molecule has 2 aromatic carbocycles. The number of halogens is 2. The van der Waals surface area contributed by atoms with Gasteiger partial charge in [0, 0.05) is 36.8 Å². The van der Waals surface area contributed by atoms with Crippen LogP contribution in [0.4, 0.5) is 25.0 Å². The fourth-order valence-electron chi connectivity index (χ4n) is 2.17. The summed E-state index contributed by atoms with van der Waals surface area (Å²) in [6.07, 6.45) is 0.358. The van der Waals surface area contributed by atoms with E-state index in [2.05, 4.69) is 21.3 Å². The van der Waals surface area contributed by atoms with Gasteiger partial charge in [0.15, 0.2) is 0 Å². The SMILES string of the molecule is CCC(=O)Nc1ccc(C(=O)NCCNC(=O)Nc2ccc(F)cc2F)cc1. The Hall–Kier alpha value is -3.49. The van der Waals surface area contributed by atoms with E-state index >= 15 is 0 Å². The second kappa shape index (κ2) is 10.0. The summed E-state index contributed by atoms with van der Waals surface area (Å²) in [6.45, 7) is 1.99. The van der Waals surface area contributed by atoms with Gasteiger partial charge in [0.1, 0.15) is 11.6 Å². The zero-order valence-corrected chi connectivity index (χ0v) is 15.1. The molecule has 0 atom stereocenters. The van der Waals surface area contributed by atoms with Crippen molar-refractivity contribution in [1.82, 2.24) is 10.6 Å². The Morgan fingerprint density at radius 3 is 2.21 bits per heavy atom. The molecule has 0 aliphatic rings. The first-order valence-corrected chi connectivity index (χ1v) is 8.57. The first-order chi connectivity index (χ1) is 13.4. The average Bonchev–Trinajstić information content (AvgIpc) is 2.67. The van der Waals surface area contributed by atoms with E-state index in [1.807, 2.05) is 0 Å². The van der Waals surface area contributed by atoms with Crippen LogP contribution in [-0.4, -0.2) is 30.9 Å². The molecular weight excluding hydrogens is 370 g/mol. The molecule has 2 rings (SSSR count). The molecule has 4 amide bonds. The maximum absolute atomic E-state index is 13.4. The number of anilines is 2. The van der Waals surface area contributed by atoms with Crippen LogP contribution in [0.15, 0.2) is 42.5 Å². The Kier molecular flexibility index (Phi) is 7.44. The summed E-state index contributed by atoms with van der Waals surface area (Å²) in [5.41, 5.74) is 0.834. The molecule has 0 spiro atoms. The van der Waals surface area contributed by atoms with E-state index in [-0.39, 0.29) is 30.6 Å². The van der Waals surface area contributed by atoms with Crippen LogP contribution in [0.1, 0.15) is 23.7 Å². The van der Waals surface area contributed by atoms with Gasteiger partial charge in [-0.1, -0.05) is 6.92 Å². The summed E-state index contributed by atoms with van der Waals surface area (Å²) >= 11 is 0. The Morgan fingerprint density at radius 1 is 0.893 bits per heavy atom. The van der Waals surface area contributed by atoms with Crippen LogP contribution in [-0.2, 0) is 4.79 Å². The maximum Gasteiger partial charge on any atom is 0.319 e. The lowest BCUT2D eigenvalue weighted by molar-refractivity contribution is -0.115. The van der Waals surface area contributed by atoms with Crippen LogP contribution in [0.3, 0.4) is 0 Å². The summed E-state index contributed by atoms with van der Waals surface area (Å²) in [6, 6.07) is 8.48. The third-order valence-corrected chi connectivity index (χ3v) is 3.63. The molecule has 0 saturated heterocycles. The zero-order chi connectivity index (χ0) is 20.5. The molecule has 0 unspecified atom stereocenters. The van der Waals surface area contributed by atoms with E-state index in [4.69, 9.17) is 0 Å². The van der Waals surface area contributed by atoms with Gasteiger partial charge in [-0.3, -0.25) is 9.59 Å². The monoisotopic (exact) mass is 390 g/mol. The lowest BCUT2D eigenvalue weighted by atomic mass is 10.2. The zero-order valence-electron chi connectivity index (χ0n) is 15.1. The van der Waals surface area contributed by atoms with Crippen LogP contribution >= 0.6 is 0 Å². The minimum atomic E-state index is -0.887. The average molecular weight is 390 g/mol. The number of rotatable bonds is 7. The molecule has 0 aromatic heterocycles. The molecule has 0 bridgehead atoms. The van der Waals surface area contributed by atoms with E-state index in [9.17, 15) is 23.2 Å². The lowest BCUT2D eigenvalue weighted by Gasteiger charge is -2.10. The second-order valence-corrected chi connectivity index (χ2v) is 5.74. The molecule has 0 aliphatic heterocycles. The molecule has 0 heterocycles. The third-order valence-electron chi connectivity index (χ3n) is 3.63. The van der Waals surface area contributed by atoms with E-state index < -0.39 is 17.7 Å². The largest absolute Gasteiger partial charge is 0.350 e. The number of hydrogen-bond acceptors (Lipinski definition) is 3. The first kappa shape index (κ1) is 20.8. The Morgan fingerprint density at radius 2 is 1.57 bits per heavy atom. The minimum absolute atomic E-state index is 0.102. The smallest absolute Gasteiger partial charge is 0.319 e. The van der Waals surface area contributed by atoms with Crippen molar-refractivity contribution in [2.75, 3.05) is 23.7 Å². The quantitative estimate of drug-likeness (QED) is 0.547. The van der Waals surface area contributed by atoms with Gasteiger partial charge in [-0.05, 0) is 36.4 Å². The molecule has 4 N–H and O–H groups in total. The predicted octanol–water partition coefficient (Wildman–Crippen LogP) is 2.86. The predicted molar refractivity (Wildman–Crippen MR) is 101 cm³/mol. The van der Waals surface area contributed by atoms with Crippen LogP contribution in [0.5, 0.6) is 0 Å². The maximum atomic E-state index is 13.4. The van der Waals surface area contributed by atoms with Crippen LogP contribution in [0.25, 0.3) is 0 Å². The summed E-state index contributed by atoms with van der Waals surface area (Å²) in [4.78, 5) is 35.0. The summed E-state index contributed by atoms with van der Waals surface area (Å²) in [5.74, 6) is -2.10. The van der Waals surface area contributed by atoms with Crippen molar-refractivity contribution in [2.45, 2.75) is 13.3 Å². The Labute approximate surface area is 160 Å². The van der Waals surface area contributed by atoms with Gasteiger partial charge < -0.3 is 21.3 Å². The molecule has 148 valence electrons. The van der Waals surface area contributed by atoms with Crippen molar-refractivity contribution in [3.63, 3.8) is 0 Å². The number of urea groups is 1. The molecule has 0 fully saturated rings. The first-order valence-electron chi connectivity index (χ1n) is 8.57. The Bertz CT molecular complexity index is 857. The lowest BCUT2D eigenvalue weighted by Crippen LogP contribution is -2.36. The number of carbonyl (C=O) groups excluding carboxylic acids is 3. The number of nitrogens with one attached hydrogen (secondary N) is 4.